The molecule has 144 valence electrons. The standard InChI is InChI=1S/C20H24N4O2.HI/c1-2-21-19(22-14-16-8-10-18(11-9-16)24(25)26)23-15-20(12-13-20)17-6-4-3-5-7-17;/h3-11H,2,12-15H2,1H3,(H2,21,22,23);1H. The summed E-state index contributed by atoms with van der Waals surface area (Å²) >= 11 is 0. The topological polar surface area (TPSA) is 79.6 Å². The summed E-state index contributed by atoms with van der Waals surface area (Å²) in [4.78, 5) is 14.9. The number of non-ortho nitro benzene ring substituents is 1. The van der Waals surface area contributed by atoms with E-state index in [-0.39, 0.29) is 35.1 Å². The summed E-state index contributed by atoms with van der Waals surface area (Å²) in [5.41, 5.74) is 2.63. The largest absolute Gasteiger partial charge is 0.357 e. The lowest BCUT2D eigenvalue weighted by molar-refractivity contribution is -0.384. The van der Waals surface area contributed by atoms with E-state index in [1.54, 1.807) is 12.1 Å². The quantitative estimate of drug-likeness (QED) is 0.207. The summed E-state index contributed by atoms with van der Waals surface area (Å²) in [6, 6.07) is 17.1. The maximum absolute atomic E-state index is 10.7. The van der Waals surface area contributed by atoms with E-state index in [1.807, 2.05) is 13.0 Å². The number of hydrogen-bond acceptors (Lipinski definition) is 3. The number of rotatable bonds is 7. The zero-order valence-corrected chi connectivity index (χ0v) is 17.7. The van der Waals surface area contributed by atoms with E-state index < -0.39 is 4.92 Å². The minimum atomic E-state index is -0.392. The molecule has 0 saturated heterocycles. The normalized spacial score (nSPS) is 14.8. The van der Waals surface area contributed by atoms with E-state index >= 15 is 0 Å². The molecule has 27 heavy (non-hydrogen) atoms. The Morgan fingerprint density at radius 2 is 1.78 bits per heavy atom. The van der Waals surface area contributed by atoms with Gasteiger partial charge in [0.15, 0.2) is 5.96 Å². The van der Waals surface area contributed by atoms with Crippen LogP contribution in [0.3, 0.4) is 0 Å². The molecule has 0 spiro atoms. The van der Waals surface area contributed by atoms with Gasteiger partial charge in [0.05, 0.1) is 11.5 Å². The Morgan fingerprint density at radius 1 is 1.11 bits per heavy atom. The number of nitrogens with zero attached hydrogens (tertiary/aromatic N) is 2. The Hall–Kier alpha value is -2.16. The van der Waals surface area contributed by atoms with Crippen LogP contribution in [-0.4, -0.2) is 24.0 Å². The van der Waals surface area contributed by atoms with Crippen LogP contribution in [0.4, 0.5) is 5.69 Å². The van der Waals surface area contributed by atoms with Crippen molar-refractivity contribution < 1.29 is 4.92 Å². The average molecular weight is 480 g/mol. The molecule has 6 nitrogen and oxygen atoms in total. The fourth-order valence-corrected chi connectivity index (χ4v) is 3.00. The number of nitro benzene ring substituents is 1. The molecule has 1 aliphatic rings. The molecule has 2 aromatic rings. The van der Waals surface area contributed by atoms with Crippen LogP contribution in [0.25, 0.3) is 0 Å². The maximum Gasteiger partial charge on any atom is 0.269 e. The van der Waals surface area contributed by atoms with E-state index in [9.17, 15) is 10.1 Å². The van der Waals surface area contributed by atoms with Crippen LogP contribution in [0.5, 0.6) is 0 Å². The molecule has 1 aliphatic carbocycles. The molecule has 1 saturated carbocycles. The van der Waals surface area contributed by atoms with Gasteiger partial charge in [-0.2, -0.15) is 0 Å². The third kappa shape index (κ3) is 5.66. The lowest BCUT2D eigenvalue weighted by Gasteiger charge is -2.19. The fraction of sp³-hybridized carbons (Fsp3) is 0.350. The van der Waals surface area contributed by atoms with Gasteiger partial charge in [0.25, 0.3) is 5.69 Å². The molecule has 0 amide bonds. The third-order valence-corrected chi connectivity index (χ3v) is 4.75. The van der Waals surface area contributed by atoms with Gasteiger partial charge in [0.2, 0.25) is 0 Å². The number of aliphatic imine (C=N–C) groups is 1. The second-order valence-electron chi connectivity index (χ2n) is 6.62. The van der Waals surface area contributed by atoms with Crippen molar-refractivity contribution in [1.29, 1.82) is 0 Å². The Balaban J connectivity index is 0.00000261. The highest BCUT2D eigenvalue weighted by Crippen LogP contribution is 2.47. The summed E-state index contributed by atoms with van der Waals surface area (Å²) in [7, 11) is 0. The van der Waals surface area contributed by atoms with Gasteiger partial charge in [-0.25, -0.2) is 4.99 Å². The number of nitro groups is 1. The fourth-order valence-electron chi connectivity index (χ4n) is 3.00. The first-order chi connectivity index (χ1) is 12.6. The summed E-state index contributed by atoms with van der Waals surface area (Å²) in [6.45, 7) is 4.15. The zero-order valence-electron chi connectivity index (χ0n) is 15.4. The Kier molecular flexibility index (Phi) is 7.58. The average Bonchev–Trinajstić information content (AvgIpc) is 3.46. The molecule has 0 atom stereocenters. The molecule has 0 heterocycles. The Morgan fingerprint density at radius 3 is 2.33 bits per heavy atom. The van der Waals surface area contributed by atoms with Crippen LogP contribution in [0, 0.1) is 10.1 Å². The van der Waals surface area contributed by atoms with Crippen LogP contribution >= 0.6 is 24.0 Å². The zero-order chi connectivity index (χ0) is 18.4. The van der Waals surface area contributed by atoms with Gasteiger partial charge in [0, 0.05) is 30.6 Å². The molecule has 0 radical (unpaired) electrons. The lowest BCUT2D eigenvalue weighted by atomic mass is 9.96. The SMILES string of the molecule is CCNC(=NCc1ccc([N+](=O)[O-])cc1)NCC1(c2ccccc2)CC1.I. The first kappa shape index (κ1) is 21.1. The Labute approximate surface area is 176 Å². The highest BCUT2D eigenvalue weighted by molar-refractivity contribution is 14.0. The van der Waals surface area contributed by atoms with Gasteiger partial charge in [-0.15, -0.1) is 24.0 Å². The highest BCUT2D eigenvalue weighted by atomic mass is 127. The van der Waals surface area contributed by atoms with Gasteiger partial charge in [0.1, 0.15) is 0 Å². The summed E-state index contributed by atoms with van der Waals surface area (Å²) in [5, 5.41) is 17.4. The van der Waals surface area contributed by atoms with Gasteiger partial charge in [-0.3, -0.25) is 10.1 Å². The minimum absolute atomic E-state index is 0. The van der Waals surface area contributed by atoms with Crippen LogP contribution < -0.4 is 10.6 Å². The maximum atomic E-state index is 10.7. The van der Waals surface area contributed by atoms with E-state index in [2.05, 4.69) is 39.9 Å². The second-order valence-corrected chi connectivity index (χ2v) is 6.62. The van der Waals surface area contributed by atoms with Crippen LogP contribution in [-0.2, 0) is 12.0 Å². The predicted octanol–water partition coefficient (Wildman–Crippen LogP) is 4.00. The van der Waals surface area contributed by atoms with Crippen LogP contribution in [0.15, 0.2) is 59.6 Å². The molecule has 3 rings (SSSR count). The number of hydrogen-bond donors (Lipinski definition) is 2. The van der Waals surface area contributed by atoms with E-state index in [4.69, 9.17) is 0 Å². The molecule has 0 aliphatic heterocycles. The second kappa shape index (κ2) is 9.68. The van der Waals surface area contributed by atoms with E-state index in [0.29, 0.717) is 6.54 Å². The van der Waals surface area contributed by atoms with Crippen LogP contribution in [0.2, 0.25) is 0 Å². The number of nitrogens with one attached hydrogen (secondary N) is 2. The highest BCUT2D eigenvalue weighted by Gasteiger charge is 2.43. The summed E-state index contributed by atoms with van der Waals surface area (Å²) in [5.74, 6) is 0.771. The van der Waals surface area contributed by atoms with Crippen molar-refractivity contribution in [3.8, 4) is 0 Å². The van der Waals surface area contributed by atoms with E-state index in [0.717, 1.165) is 24.6 Å². The minimum Gasteiger partial charge on any atom is -0.357 e. The smallest absolute Gasteiger partial charge is 0.269 e. The third-order valence-electron chi connectivity index (χ3n) is 4.75. The van der Waals surface area contributed by atoms with Crippen molar-refractivity contribution in [2.24, 2.45) is 4.99 Å². The lowest BCUT2D eigenvalue weighted by Crippen LogP contribution is -2.41. The summed E-state index contributed by atoms with van der Waals surface area (Å²) in [6.07, 6.45) is 2.37. The molecular weight excluding hydrogens is 455 g/mol. The van der Waals surface area contributed by atoms with Gasteiger partial charge < -0.3 is 10.6 Å². The van der Waals surface area contributed by atoms with Gasteiger partial charge >= 0.3 is 0 Å². The van der Waals surface area contributed by atoms with Crippen molar-refractivity contribution in [2.45, 2.75) is 31.7 Å². The van der Waals surface area contributed by atoms with Crippen molar-refractivity contribution >= 4 is 35.6 Å². The van der Waals surface area contributed by atoms with Gasteiger partial charge in [-0.05, 0) is 30.9 Å². The molecule has 0 bridgehead atoms. The van der Waals surface area contributed by atoms with Crippen molar-refractivity contribution in [3.05, 3.63) is 75.8 Å². The first-order valence-corrected chi connectivity index (χ1v) is 8.94. The van der Waals surface area contributed by atoms with Gasteiger partial charge in [-0.1, -0.05) is 42.5 Å². The molecule has 2 N–H and O–H groups in total. The molecular formula is C20H25IN4O2. The molecule has 2 aromatic carbocycles. The van der Waals surface area contributed by atoms with Crippen molar-refractivity contribution in [1.82, 2.24) is 10.6 Å². The number of halogens is 1. The predicted molar refractivity (Wildman–Crippen MR) is 119 cm³/mol. The van der Waals surface area contributed by atoms with E-state index in [1.165, 1.54) is 30.5 Å². The van der Waals surface area contributed by atoms with Crippen molar-refractivity contribution in [3.63, 3.8) is 0 Å². The molecule has 0 aromatic heterocycles. The number of guanidine groups is 1. The molecule has 7 heteroatoms. The molecule has 0 unspecified atom stereocenters. The number of benzene rings is 2. The Bertz CT molecular complexity index is 774. The van der Waals surface area contributed by atoms with Crippen LogP contribution in [0.1, 0.15) is 30.9 Å². The molecule has 1 fully saturated rings. The monoisotopic (exact) mass is 480 g/mol. The first-order valence-electron chi connectivity index (χ1n) is 8.94. The van der Waals surface area contributed by atoms with Crippen molar-refractivity contribution in [2.75, 3.05) is 13.1 Å². The summed E-state index contributed by atoms with van der Waals surface area (Å²) < 4.78 is 0.